The molecule has 0 spiro atoms. The molecule has 0 heterocycles. The summed E-state index contributed by atoms with van der Waals surface area (Å²) in [6.07, 6.45) is -9.19. The summed E-state index contributed by atoms with van der Waals surface area (Å²) in [5, 5.41) is 9.42. The van der Waals surface area contributed by atoms with E-state index >= 15 is 0 Å². The van der Waals surface area contributed by atoms with Gasteiger partial charge >= 0.3 is 6.18 Å². The SMILES string of the molecule is CC(C)(C)[S+]([O-])NC(CF)(C[C@H](O)C(F)(F)F)c1cc(Br)ccc1F. The Kier molecular flexibility index (Phi) is 7.31. The zero-order valence-corrected chi connectivity index (χ0v) is 16.2. The second-order valence-corrected chi connectivity index (χ2v) is 9.47. The van der Waals surface area contributed by atoms with Gasteiger partial charge in [-0.3, -0.25) is 0 Å². The van der Waals surface area contributed by atoms with Crippen molar-refractivity contribution in [3.63, 3.8) is 0 Å². The first-order valence-electron chi connectivity index (χ1n) is 7.19. The number of aliphatic hydroxyl groups excluding tert-OH is 1. The van der Waals surface area contributed by atoms with E-state index in [1.807, 2.05) is 0 Å². The van der Waals surface area contributed by atoms with E-state index in [1.165, 1.54) is 26.8 Å². The van der Waals surface area contributed by atoms with E-state index in [2.05, 4.69) is 20.7 Å². The second kappa shape index (κ2) is 8.08. The fourth-order valence-electron chi connectivity index (χ4n) is 2.00. The smallest absolute Gasteiger partial charge is 0.414 e. The standard InChI is InChI=1S/C15H19BrF5NO2S/c1-13(2,3)25(24)22-14(8-17,7-12(23)15(19,20)21)10-6-9(16)4-5-11(10)18/h4-6,12,22-23H,7-8H2,1-3H3/t12-,14?,25?/m0/s1. The molecule has 0 saturated heterocycles. The Labute approximate surface area is 154 Å². The van der Waals surface area contributed by atoms with Gasteiger partial charge in [0.15, 0.2) is 6.10 Å². The number of nitrogens with one attached hydrogen (secondary N) is 1. The van der Waals surface area contributed by atoms with Crippen LogP contribution in [-0.4, -0.2) is 33.4 Å². The average Bonchev–Trinajstić information content (AvgIpc) is 2.46. The van der Waals surface area contributed by atoms with Crippen LogP contribution in [0.2, 0.25) is 0 Å². The molecule has 25 heavy (non-hydrogen) atoms. The summed E-state index contributed by atoms with van der Waals surface area (Å²) in [7, 11) is 0. The van der Waals surface area contributed by atoms with Crippen LogP contribution in [0.5, 0.6) is 0 Å². The first-order valence-corrected chi connectivity index (χ1v) is 9.13. The van der Waals surface area contributed by atoms with Gasteiger partial charge in [-0.2, -0.15) is 13.2 Å². The van der Waals surface area contributed by atoms with Gasteiger partial charge in [-0.25, -0.2) is 8.78 Å². The molecule has 0 aromatic heterocycles. The Hall–Kier alpha value is -0.420. The predicted octanol–water partition coefficient (Wildman–Crippen LogP) is 4.12. The molecule has 0 aliphatic carbocycles. The first kappa shape index (κ1) is 22.6. The molecule has 0 amide bonds. The quantitative estimate of drug-likeness (QED) is 0.505. The van der Waals surface area contributed by atoms with Crippen molar-refractivity contribution in [2.24, 2.45) is 0 Å². The molecule has 1 rings (SSSR count). The molecule has 1 aromatic rings. The molecule has 0 fully saturated rings. The Bertz CT molecular complexity index is 572. The van der Waals surface area contributed by atoms with Crippen LogP contribution in [0.4, 0.5) is 22.0 Å². The van der Waals surface area contributed by atoms with Crippen molar-refractivity contribution in [1.29, 1.82) is 0 Å². The van der Waals surface area contributed by atoms with Crippen LogP contribution < -0.4 is 4.72 Å². The maximum absolute atomic E-state index is 14.3. The topological polar surface area (TPSA) is 55.3 Å². The number of hydrogen-bond acceptors (Lipinski definition) is 3. The van der Waals surface area contributed by atoms with E-state index in [9.17, 15) is 31.6 Å². The highest BCUT2D eigenvalue weighted by atomic mass is 79.9. The van der Waals surface area contributed by atoms with E-state index in [0.717, 1.165) is 12.1 Å². The molecule has 0 aliphatic rings. The van der Waals surface area contributed by atoms with Crippen molar-refractivity contribution in [3.8, 4) is 0 Å². The maximum Gasteiger partial charge on any atom is 0.414 e. The summed E-state index contributed by atoms with van der Waals surface area (Å²) in [5.41, 5.74) is -2.77. The van der Waals surface area contributed by atoms with Gasteiger partial charge in [0, 0.05) is 27.8 Å². The van der Waals surface area contributed by atoms with Gasteiger partial charge in [-0.15, -0.1) is 4.72 Å². The van der Waals surface area contributed by atoms with Crippen molar-refractivity contribution < 1.29 is 31.6 Å². The molecule has 0 bridgehead atoms. The monoisotopic (exact) mass is 451 g/mol. The largest absolute Gasteiger partial charge is 0.598 e. The maximum atomic E-state index is 14.3. The van der Waals surface area contributed by atoms with Crippen LogP contribution in [0.3, 0.4) is 0 Å². The third-order valence-electron chi connectivity index (χ3n) is 3.44. The number of alkyl halides is 4. The predicted molar refractivity (Wildman–Crippen MR) is 89.5 cm³/mol. The Morgan fingerprint density at radius 2 is 1.84 bits per heavy atom. The minimum absolute atomic E-state index is 0.298. The minimum atomic E-state index is -5.03. The lowest BCUT2D eigenvalue weighted by Crippen LogP contribution is -2.55. The fourth-order valence-corrected chi connectivity index (χ4v) is 3.27. The van der Waals surface area contributed by atoms with Crippen molar-refractivity contribution >= 4 is 27.3 Å². The Morgan fingerprint density at radius 1 is 1.28 bits per heavy atom. The summed E-state index contributed by atoms with van der Waals surface area (Å²) in [6.45, 7) is 3.07. The second-order valence-electron chi connectivity index (χ2n) is 6.58. The van der Waals surface area contributed by atoms with Crippen LogP contribution in [0.25, 0.3) is 0 Å². The van der Waals surface area contributed by atoms with Gasteiger partial charge in [0.2, 0.25) is 0 Å². The summed E-state index contributed by atoms with van der Waals surface area (Å²) in [4.78, 5) is 0. The Balaban J connectivity index is 3.44. The van der Waals surface area contributed by atoms with Crippen molar-refractivity contribution in [1.82, 2.24) is 4.72 Å². The lowest BCUT2D eigenvalue weighted by molar-refractivity contribution is -0.210. The highest BCUT2D eigenvalue weighted by Crippen LogP contribution is 2.37. The lowest BCUT2D eigenvalue weighted by Gasteiger charge is -2.37. The van der Waals surface area contributed by atoms with Gasteiger partial charge in [0.25, 0.3) is 0 Å². The number of hydrogen-bond donors (Lipinski definition) is 2. The molecule has 1 aromatic carbocycles. The number of rotatable bonds is 6. The molecule has 3 nitrogen and oxygen atoms in total. The number of aliphatic hydroxyl groups is 1. The van der Waals surface area contributed by atoms with Crippen molar-refractivity contribution in [3.05, 3.63) is 34.1 Å². The molecule has 3 atom stereocenters. The van der Waals surface area contributed by atoms with Crippen LogP contribution in [-0.2, 0) is 16.9 Å². The summed E-state index contributed by atoms with van der Waals surface area (Å²) in [5.74, 6) is -0.978. The Morgan fingerprint density at radius 3 is 2.28 bits per heavy atom. The summed E-state index contributed by atoms with van der Waals surface area (Å²) >= 11 is 1.04. The molecule has 10 heteroatoms. The molecule has 2 unspecified atom stereocenters. The number of benzene rings is 1. The van der Waals surface area contributed by atoms with Crippen LogP contribution in [0.15, 0.2) is 22.7 Å². The number of halogens is 6. The van der Waals surface area contributed by atoms with E-state index in [0.29, 0.717) is 4.47 Å². The van der Waals surface area contributed by atoms with Crippen LogP contribution in [0, 0.1) is 5.82 Å². The van der Waals surface area contributed by atoms with E-state index in [-0.39, 0.29) is 0 Å². The highest BCUT2D eigenvalue weighted by molar-refractivity contribution is 9.10. The fraction of sp³-hybridized carbons (Fsp3) is 0.600. The molecular weight excluding hydrogens is 433 g/mol. The summed E-state index contributed by atoms with van der Waals surface area (Å²) in [6, 6.07) is 3.35. The molecule has 2 N–H and O–H groups in total. The van der Waals surface area contributed by atoms with Gasteiger partial charge < -0.3 is 9.66 Å². The zero-order valence-electron chi connectivity index (χ0n) is 13.8. The summed E-state index contributed by atoms with van der Waals surface area (Å²) < 4.78 is 80.6. The van der Waals surface area contributed by atoms with Crippen molar-refractivity contribution in [2.45, 2.75) is 49.8 Å². The van der Waals surface area contributed by atoms with Crippen LogP contribution in [0.1, 0.15) is 32.8 Å². The lowest BCUT2D eigenvalue weighted by atomic mass is 9.86. The molecule has 144 valence electrons. The van der Waals surface area contributed by atoms with Gasteiger partial charge in [-0.1, -0.05) is 15.9 Å². The molecule has 0 aliphatic heterocycles. The first-order chi connectivity index (χ1) is 11.2. The molecule has 0 saturated carbocycles. The van der Waals surface area contributed by atoms with Gasteiger partial charge in [0.1, 0.15) is 22.8 Å². The van der Waals surface area contributed by atoms with Gasteiger partial charge in [0.05, 0.1) is 0 Å². The highest BCUT2D eigenvalue weighted by Gasteiger charge is 2.49. The minimum Gasteiger partial charge on any atom is -0.598 e. The van der Waals surface area contributed by atoms with E-state index in [4.69, 9.17) is 0 Å². The third kappa shape index (κ3) is 5.78. The van der Waals surface area contributed by atoms with Crippen LogP contribution >= 0.6 is 15.9 Å². The van der Waals surface area contributed by atoms with Gasteiger partial charge in [-0.05, 0) is 39.0 Å². The average molecular weight is 452 g/mol. The normalized spacial score (nSPS) is 17.9. The molecule has 0 radical (unpaired) electrons. The van der Waals surface area contributed by atoms with E-state index < -0.39 is 58.4 Å². The van der Waals surface area contributed by atoms with E-state index in [1.54, 1.807) is 0 Å². The van der Waals surface area contributed by atoms with Crippen molar-refractivity contribution in [2.75, 3.05) is 6.67 Å². The third-order valence-corrected chi connectivity index (χ3v) is 5.62. The molecular formula is C15H19BrF5NO2S. The zero-order chi connectivity index (χ0) is 19.6.